The van der Waals surface area contributed by atoms with E-state index in [9.17, 15) is 4.79 Å². The quantitative estimate of drug-likeness (QED) is 0.891. The number of rotatable bonds is 5. The highest BCUT2D eigenvalue weighted by Gasteiger charge is 2.25. The summed E-state index contributed by atoms with van der Waals surface area (Å²) >= 11 is 0. The molecule has 0 bridgehead atoms. The van der Waals surface area contributed by atoms with E-state index in [-0.39, 0.29) is 12.5 Å². The summed E-state index contributed by atoms with van der Waals surface area (Å²) in [6.45, 7) is 6.86. The lowest BCUT2D eigenvalue weighted by molar-refractivity contribution is -0.132. The van der Waals surface area contributed by atoms with Crippen molar-refractivity contribution in [1.82, 2.24) is 10.2 Å². The van der Waals surface area contributed by atoms with Gasteiger partial charge < -0.3 is 15.0 Å². The van der Waals surface area contributed by atoms with E-state index in [4.69, 9.17) is 4.74 Å². The second-order valence-corrected chi connectivity index (χ2v) is 5.61. The van der Waals surface area contributed by atoms with Crippen molar-refractivity contribution in [3.05, 3.63) is 29.3 Å². The van der Waals surface area contributed by atoms with Gasteiger partial charge in [-0.2, -0.15) is 0 Å². The summed E-state index contributed by atoms with van der Waals surface area (Å²) in [5.41, 5.74) is 2.28. The zero-order valence-corrected chi connectivity index (χ0v) is 12.6. The molecule has 0 radical (unpaired) electrons. The number of benzene rings is 1. The maximum absolute atomic E-state index is 12.1. The molecule has 1 heterocycles. The number of carbonyl (C=O) groups excluding carboxylic acids is 1. The first-order valence-electron chi connectivity index (χ1n) is 7.22. The van der Waals surface area contributed by atoms with Gasteiger partial charge in [0.25, 0.3) is 5.91 Å². The molecule has 1 aliphatic rings. The number of aryl methyl sites for hydroxylation is 2. The summed E-state index contributed by atoms with van der Waals surface area (Å²) in [4.78, 5) is 14.0. The molecule has 1 fully saturated rings. The van der Waals surface area contributed by atoms with Crippen LogP contribution in [0.4, 0.5) is 0 Å². The van der Waals surface area contributed by atoms with Crippen LogP contribution in [-0.2, 0) is 4.79 Å². The topological polar surface area (TPSA) is 41.6 Å². The Morgan fingerprint density at radius 3 is 2.95 bits per heavy atom. The molecule has 1 amide bonds. The van der Waals surface area contributed by atoms with Gasteiger partial charge in [-0.25, -0.2) is 0 Å². The molecule has 1 aromatic carbocycles. The van der Waals surface area contributed by atoms with Gasteiger partial charge in [-0.15, -0.1) is 0 Å². The van der Waals surface area contributed by atoms with Gasteiger partial charge in [0, 0.05) is 13.1 Å². The molecule has 20 heavy (non-hydrogen) atoms. The summed E-state index contributed by atoms with van der Waals surface area (Å²) in [5, 5.41) is 3.17. The molecule has 2 rings (SSSR count). The Balaban J connectivity index is 1.83. The van der Waals surface area contributed by atoms with E-state index >= 15 is 0 Å². The van der Waals surface area contributed by atoms with Crippen LogP contribution >= 0.6 is 0 Å². The number of hydrogen-bond donors (Lipinski definition) is 1. The first kappa shape index (κ1) is 14.9. The number of ether oxygens (including phenoxy) is 1. The number of likely N-dealkylation sites (tertiary alicyclic amines) is 1. The lowest BCUT2D eigenvalue weighted by atomic mass is 10.1. The third-order valence-corrected chi connectivity index (χ3v) is 3.81. The fourth-order valence-corrected chi connectivity index (χ4v) is 2.71. The molecule has 1 N–H and O–H groups in total. The minimum Gasteiger partial charge on any atom is -0.484 e. The van der Waals surface area contributed by atoms with Gasteiger partial charge in [0.1, 0.15) is 5.75 Å². The Morgan fingerprint density at radius 2 is 2.25 bits per heavy atom. The van der Waals surface area contributed by atoms with Gasteiger partial charge in [-0.05, 0) is 51.4 Å². The predicted molar refractivity (Wildman–Crippen MR) is 80.0 cm³/mol. The number of hydrogen-bond acceptors (Lipinski definition) is 3. The van der Waals surface area contributed by atoms with E-state index in [1.807, 2.05) is 37.9 Å². The van der Waals surface area contributed by atoms with E-state index < -0.39 is 0 Å². The number of carbonyl (C=O) groups is 1. The van der Waals surface area contributed by atoms with Gasteiger partial charge in [-0.3, -0.25) is 4.79 Å². The van der Waals surface area contributed by atoms with Gasteiger partial charge >= 0.3 is 0 Å². The first-order chi connectivity index (χ1) is 9.60. The average Bonchev–Trinajstić information content (AvgIpc) is 2.86. The summed E-state index contributed by atoms with van der Waals surface area (Å²) in [6.07, 6.45) is 1.08. The van der Waals surface area contributed by atoms with Crippen molar-refractivity contribution in [2.75, 3.05) is 33.3 Å². The van der Waals surface area contributed by atoms with Crippen LogP contribution in [0.5, 0.6) is 5.75 Å². The van der Waals surface area contributed by atoms with Crippen LogP contribution < -0.4 is 10.1 Å². The van der Waals surface area contributed by atoms with Crippen LogP contribution in [-0.4, -0.2) is 44.1 Å². The van der Waals surface area contributed by atoms with Crippen molar-refractivity contribution in [3.63, 3.8) is 0 Å². The number of amides is 1. The highest BCUT2D eigenvalue weighted by molar-refractivity contribution is 5.78. The van der Waals surface area contributed by atoms with Crippen molar-refractivity contribution < 1.29 is 9.53 Å². The molecule has 1 atom stereocenters. The Morgan fingerprint density at radius 1 is 1.45 bits per heavy atom. The number of nitrogens with zero attached hydrogens (tertiary/aromatic N) is 1. The van der Waals surface area contributed by atoms with Crippen LogP contribution in [0.3, 0.4) is 0 Å². The van der Waals surface area contributed by atoms with E-state index in [0.717, 1.165) is 37.4 Å². The second kappa shape index (κ2) is 6.75. The molecular formula is C16H24N2O2. The lowest BCUT2D eigenvalue weighted by Crippen LogP contribution is -2.34. The standard InChI is InChI=1S/C16H24N2O2/c1-12-4-5-15(13(2)8-12)20-11-16(19)18-7-6-14(10-18)9-17-3/h4-5,8,14,17H,6-7,9-11H2,1-3H3. The van der Waals surface area contributed by atoms with E-state index in [1.165, 1.54) is 5.56 Å². The SMILES string of the molecule is CNCC1CCN(C(=O)COc2ccc(C)cc2C)C1. The van der Waals surface area contributed by atoms with Crippen molar-refractivity contribution >= 4 is 5.91 Å². The zero-order chi connectivity index (χ0) is 14.5. The van der Waals surface area contributed by atoms with E-state index in [2.05, 4.69) is 11.4 Å². The minimum absolute atomic E-state index is 0.0866. The summed E-state index contributed by atoms with van der Waals surface area (Å²) in [7, 11) is 1.95. The third-order valence-electron chi connectivity index (χ3n) is 3.81. The number of nitrogens with one attached hydrogen (secondary N) is 1. The van der Waals surface area contributed by atoms with Crippen molar-refractivity contribution in [2.45, 2.75) is 20.3 Å². The Labute approximate surface area is 121 Å². The lowest BCUT2D eigenvalue weighted by Gasteiger charge is -2.17. The largest absolute Gasteiger partial charge is 0.484 e. The van der Waals surface area contributed by atoms with Crippen LogP contribution in [0.25, 0.3) is 0 Å². The predicted octanol–water partition coefficient (Wildman–Crippen LogP) is 1.75. The summed E-state index contributed by atoms with van der Waals surface area (Å²) in [6, 6.07) is 6.01. The molecule has 4 heteroatoms. The second-order valence-electron chi connectivity index (χ2n) is 5.61. The molecule has 0 aromatic heterocycles. The first-order valence-corrected chi connectivity index (χ1v) is 7.22. The maximum atomic E-state index is 12.1. The van der Waals surface area contributed by atoms with E-state index in [0.29, 0.717) is 5.92 Å². The third kappa shape index (κ3) is 3.73. The van der Waals surface area contributed by atoms with E-state index in [1.54, 1.807) is 0 Å². The Bertz CT molecular complexity index is 474. The molecule has 0 saturated carbocycles. The van der Waals surface area contributed by atoms with Crippen molar-refractivity contribution in [2.24, 2.45) is 5.92 Å². The highest BCUT2D eigenvalue weighted by Crippen LogP contribution is 2.20. The molecule has 1 aliphatic heterocycles. The van der Waals surface area contributed by atoms with Gasteiger partial charge in [0.15, 0.2) is 6.61 Å². The average molecular weight is 276 g/mol. The summed E-state index contributed by atoms with van der Waals surface area (Å²) in [5.74, 6) is 1.46. The molecule has 1 unspecified atom stereocenters. The van der Waals surface area contributed by atoms with Crippen LogP contribution in [0.1, 0.15) is 17.5 Å². The van der Waals surface area contributed by atoms with Gasteiger partial charge in [-0.1, -0.05) is 17.7 Å². The van der Waals surface area contributed by atoms with Gasteiger partial charge in [0.2, 0.25) is 0 Å². The molecule has 1 saturated heterocycles. The maximum Gasteiger partial charge on any atom is 0.260 e. The van der Waals surface area contributed by atoms with Crippen molar-refractivity contribution in [3.8, 4) is 5.75 Å². The zero-order valence-electron chi connectivity index (χ0n) is 12.6. The minimum atomic E-state index is 0.0866. The fraction of sp³-hybridized carbons (Fsp3) is 0.562. The Hall–Kier alpha value is -1.55. The highest BCUT2D eigenvalue weighted by atomic mass is 16.5. The monoisotopic (exact) mass is 276 g/mol. The Kier molecular flexibility index (Phi) is 5.01. The van der Waals surface area contributed by atoms with Crippen LogP contribution in [0, 0.1) is 19.8 Å². The molecular weight excluding hydrogens is 252 g/mol. The molecule has 1 aromatic rings. The van der Waals surface area contributed by atoms with Gasteiger partial charge in [0.05, 0.1) is 0 Å². The molecule has 4 nitrogen and oxygen atoms in total. The van der Waals surface area contributed by atoms with Crippen LogP contribution in [0.15, 0.2) is 18.2 Å². The molecule has 0 spiro atoms. The van der Waals surface area contributed by atoms with Crippen LogP contribution in [0.2, 0.25) is 0 Å². The smallest absolute Gasteiger partial charge is 0.260 e. The molecule has 0 aliphatic carbocycles. The summed E-state index contributed by atoms with van der Waals surface area (Å²) < 4.78 is 5.65. The van der Waals surface area contributed by atoms with Crippen molar-refractivity contribution in [1.29, 1.82) is 0 Å². The molecule has 110 valence electrons. The normalized spacial score (nSPS) is 18.4. The fourth-order valence-electron chi connectivity index (χ4n) is 2.71.